The molecule has 5 heteroatoms. The summed E-state index contributed by atoms with van der Waals surface area (Å²) in [7, 11) is 1.73. The van der Waals surface area contributed by atoms with E-state index in [-0.39, 0.29) is 12.0 Å². The van der Waals surface area contributed by atoms with Crippen LogP contribution in [0.4, 0.5) is 0 Å². The van der Waals surface area contributed by atoms with Crippen molar-refractivity contribution in [3.8, 4) is 11.5 Å². The summed E-state index contributed by atoms with van der Waals surface area (Å²) in [5.74, 6) is 2.35. The van der Waals surface area contributed by atoms with Gasteiger partial charge in [-0.05, 0) is 31.2 Å². The Morgan fingerprint density at radius 1 is 1.24 bits per heavy atom. The third-order valence-corrected chi connectivity index (χ3v) is 3.34. The number of amides is 1. The Hall–Kier alpha value is -2.43. The number of rotatable bonds is 3. The average molecular weight is 287 g/mol. The van der Waals surface area contributed by atoms with Gasteiger partial charge < -0.3 is 18.8 Å². The molecule has 1 unspecified atom stereocenters. The van der Waals surface area contributed by atoms with Crippen molar-refractivity contribution in [3.05, 3.63) is 47.9 Å². The lowest BCUT2D eigenvalue weighted by molar-refractivity contribution is 0.0501. The Labute approximate surface area is 123 Å². The molecule has 0 spiro atoms. The second kappa shape index (κ2) is 5.52. The van der Waals surface area contributed by atoms with Crippen LogP contribution in [0.25, 0.3) is 0 Å². The molecule has 0 saturated carbocycles. The van der Waals surface area contributed by atoms with Crippen LogP contribution in [0.1, 0.15) is 16.3 Å². The molecule has 1 aliphatic heterocycles. The van der Waals surface area contributed by atoms with Gasteiger partial charge in [-0.15, -0.1) is 0 Å². The van der Waals surface area contributed by atoms with Crippen LogP contribution in [0.2, 0.25) is 0 Å². The molecule has 0 saturated heterocycles. The van der Waals surface area contributed by atoms with Gasteiger partial charge in [-0.2, -0.15) is 0 Å². The second-order valence-electron chi connectivity index (χ2n) is 5.09. The van der Waals surface area contributed by atoms with E-state index in [1.807, 2.05) is 31.2 Å². The highest BCUT2D eigenvalue weighted by atomic mass is 16.6. The van der Waals surface area contributed by atoms with Crippen molar-refractivity contribution < 1.29 is 18.7 Å². The maximum Gasteiger partial charge on any atom is 0.289 e. The monoisotopic (exact) mass is 287 g/mol. The maximum atomic E-state index is 12.2. The van der Waals surface area contributed by atoms with Gasteiger partial charge in [0.05, 0.1) is 6.54 Å². The molecule has 3 rings (SSSR count). The Balaban J connectivity index is 1.63. The van der Waals surface area contributed by atoms with E-state index < -0.39 is 0 Å². The summed E-state index contributed by atoms with van der Waals surface area (Å²) in [6.45, 7) is 2.67. The van der Waals surface area contributed by atoms with Crippen molar-refractivity contribution in [1.29, 1.82) is 0 Å². The number of fused-ring (bicyclic) bond motifs is 1. The van der Waals surface area contributed by atoms with E-state index in [1.165, 1.54) is 0 Å². The van der Waals surface area contributed by atoms with Crippen LogP contribution >= 0.6 is 0 Å². The molecule has 0 N–H and O–H groups in total. The predicted molar refractivity (Wildman–Crippen MR) is 76.8 cm³/mol. The topological polar surface area (TPSA) is 51.9 Å². The third-order valence-electron chi connectivity index (χ3n) is 3.34. The van der Waals surface area contributed by atoms with Gasteiger partial charge in [-0.25, -0.2) is 0 Å². The molecule has 1 amide bonds. The molecular formula is C16H17NO4. The normalized spacial score (nSPS) is 16.6. The SMILES string of the molecule is Cc1ccc(C(=O)N(C)CC2COc3ccccc3O2)o1. The fraction of sp³-hybridized carbons (Fsp3) is 0.312. The van der Waals surface area contributed by atoms with Gasteiger partial charge in [0.15, 0.2) is 23.4 Å². The molecular weight excluding hydrogens is 270 g/mol. The zero-order valence-corrected chi connectivity index (χ0v) is 12.0. The molecule has 1 atom stereocenters. The highest BCUT2D eigenvalue weighted by molar-refractivity contribution is 5.91. The lowest BCUT2D eigenvalue weighted by Crippen LogP contribution is -2.41. The number of likely N-dealkylation sites (N-methyl/N-ethyl adjacent to an activating group) is 1. The number of furan rings is 1. The first-order chi connectivity index (χ1) is 10.1. The first kappa shape index (κ1) is 13.5. The molecule has 0 radical (unpaired) electrons. The largest absolute Gasteiger partial charge is 0.486 e. The highest BCUT2D eigenvalue weighted by Gasteiger charge is 2.25. The van der Waals surface area contributed by atoms with Crippen LogP contribution in [-0.4, -0.2) is 37.1 Å². The van der Waals surface area contributed by atoms with Crippen LogP contribution < -0.4 is 9.47 Å². The lowest BCUT2D eigenvalue weighted by atomic mass is 10.2. The molecule has 0 aliphatic carbocycles. The molecule has 0 bridgehead atoms. The summed E-state index contributed by atoms with van der Waals surface area (Å²) in [5, 5.41) is 0. The van der Waals surface area contributed by atoms with E-state index in [4.69, 9.17) is 13.9 Å². The minimum Gasteiger partial charge on any atom is -0.486 e. The van der Waals surface area contributed by atoms with Crippen LogP contribution in [0.3, 0.4) is 0 Å². The number of benzene rings is 1. The molecule has 1 aromatic heterocycles. The smallest absolute Gasteiger partial charge is 0.289 e. The van der Waals surface area contributed by atoms with Crippen LogP contribution in [0.5, 0.6) is 11.5 Å². The number of carbonyl (C=O) groups is 1. The van der Waals surface area contributed by atoms with Crippen molar-refractivity contribution in [1.82, 2.24) is 4.90 Å². The summed E-state index contributed by atoms with van der Waals surface area (Å²) < 4.78 is 16.8. The molecule has 2 heterocycles. The van der Waals surface area contributed by atoms with Crippen molar-refractivity contribution in [2.75, 3.05) is 20.2 Å². The highest BCUT2D eigenvalue weighted by Crippen LogP contribution is 2.31. The minimum atomic E-state index is -0.190. The molecule has 1 aromatic carbocycles. The standard InChI is InChI=1S/C16H17NO4/c1-11-7-8-15(20-11)16(18)17(2)9-12-10-19-13-5-3-4-6-14(13)21-12/h3-8,12H,9-10H2,1-2H3. The molecule has 5 nitrogen and oxygen atoms in total. The Bertz CT molecular complexity index is 649. The van der Waals surface area contributed by atoms with E-state index in [0.717, 1.165) is 11.5 Å². The predicted octanol–water partition coefficient (Wildman–Crippen LogP) is 2.50. The van der Waals surface area contributed by atoms with Crippen LogP contribution in [-0.2, 0) is 0 Å². The lowest BCUT2D eigenvalue weighted by Gasteiger charge is -2.29. The van der Waals surface area contributed by atoms with Crippen molar-refractivity contribution in [3.63, 3.8) is 0 Å². The number of hydrogen-bond acceptors (Lipinski definition) is 4. The van der Waals surface area contributed by atoms with E-state index in [9.17, 15) is 4.79 Å². The number of carbonyl (C=O) groups excluding carboxylic acids is 1. The van der Waals surface area contributed by atoms with Gasteiger partial charge in [0, 0.05) is 7.05 Å². The zero-order valence-electron chi connectivity index (χ0n) is 12.0. The second-order valence-corrected chi connectivity index (χ2v) is 5.09. The fourth-order valence-corrected chi connectivity index (χ4v) is 2.28. The number of ether oxygens (including phenoxy) is 2. The Morgan fingerprint density at radius 2 is 2.00 bits per heavy atom. The van der Waals surface area contributed by atoms with Crippen molar-refractivity contribution in [2.24, 2.45) is 0 Å². The third kappa shape index (κ3) is 2.86. The quantitative estimate of drug-likeness (QED) is 0.870. The number of hydrogen-bond donors (Lipinski definition) is 0. The zero-order chi connectivity index (χ0) is 14.8. The Kier molecular flexibility index (Phi) is 3.56. The summed E-state index contributed by atoms with van der Waals surface area (Å²) in [5.41, 5.74) is 0. The van der Waals surface area contributed by atoms with Crippen molar-refractivity contribution in [2.45, 2.75) is 13.0 Å². The van der Waals surface area contributed by atoms with E-state index in [2.05, 4.69) is 0 Å². The maximum absolute atomic E-state index is 12.2. The number of nitrogens with zero attached hydrogens (tertiary/aromatic N) is 1. The number of para-hydroxylation sites is 2. The molecule has 0 fully saturated rings. The van der Waals surface area contributed by atoms with Crippen molar-refractivity contribution >= 4 is 5.91 Å². The number of aryl methyl sites for hydroxylation is 1. The first-order valence-corrected chi connectivity index (χ1v) is 6.84. The molecule has 21 heavy (non-hydrogen) atoms. The summed E-state index contributed by atoms with van der Waals surface area (Å²) in [6.07, 6.45) is -0.190. The molecule has 2 aromatic rings. The van der Waals surface area contributed by atoms with Gasteiger partial charge in [-0.1, -0.05) is 12.1 Å². The van der Waals surface area contributed by atoms with E-state index >= 15 is 0 Å². The van der Waals surface area contributed by atoms with E-state index in [1.54, 1.807) is 24.1 Å². The van der Waals surface area contributed by atoms with E-state index in [0.29, 0.717) is 24.7 Å². The average Bonchev–Trinajstić information content (AvgIpc) is 2.93. The van der Waals surface area contributed by atoms with Crippen LogP contribution in [0.15, 0.2) is 40.8 Å². The van der Waals surface area contributed by atoms with Gasteiger partial charge in [0.2, 0.25) is 0 Å². The minimum absolute atomic E-state index is 0.162. The van der Waals surface area contributed by atoms with Gasteiger partial charge in [-0.3, -0.25) is 4.79 Å². The summed E-state index contributed by atoms with van der Waals surface area (Å²) in [6, 6.07) is 11.0. The Morgan fingerprint density at radius 3 is 2.71 bits per heavy atom. The fourth-order valence-electron chi connectivity index (χ4n) is 2.28. The first-order valence-electron chi connectivity index (χ1n) is 6.84. The summed E-state index contributed by atoms with van der Waals surface area (Å²) in [4.78, 5) is 13.8. The van der Waals surface area contributed by atoms with Gasteiger partial charge >= 0.3 is 0 Å². The molecule has 110 valence electrons. The van der Waals surface area contributed by atoms with Crippen LogP contribution in [0, 0.1) is 6.92 Å². The molecule has 1 aliphatic rings. The van der Waals surface area contributed by atoms with Gasteiger partial charge in [0.25, 0.3) is 5.91 Å². The summed E-state index contributed by atoms with van der Waals surface area (Å²) >= 11 is 0. The van der Waals surface area contributed by atoms with Gasteiger partial charge in [0.1, 0.15) is 12.4 Å².